The van der Waals surface area contributed by atoms with Gasteiger partial charge in [-0.25, -0.2) is 0 Å². The third-order valence-electron chi connectivity index (χ3n) is 2.98. The highest BCUT2D eigenvalue weighted by atomic mass is 16.5. The van der Waals surface area contributed by atoms with Crippen LogP contribution in [-0.4, -0.2) is 50.8 Å². The molecule has 3 nitrogen and oxygen atoms in total. The zero-order chi connectivity index (χ0) is 9.10. The minimum Gasteiger partial charge on any atom is -0.377 e. The standard InChI is InChI=1S/C10H20N2O/c1-12(7-9-5-11-6-9)8-10-3-2-4-13-10/h9-11H,2-8H2,1H3. The Labute approximate surface area is 80.4 Å². The van der Waals surface area contributed by atoms with E-state index in [1.165, 1.54) is 32.5 Å². The van der Waals surface area contributed by atoms with Crippen molar-refractivity contribution < 1.29 is 4.74 Å². The average Bonchev–Trinajstić information content (AvgIpc) is 2.49. The van der Waals surface area contributed by atoms with Gasteiger partial charge in [0, 0.05) is 32.8 Å². The molecule has 0 amide bonds. The Hall–Kier alpha value is -0.120. The molecule has 0 aliphatic carbocycles. The van der Waals surface area contributed by atoms with E-state index < -0.39 is 0 Å². The smallest absolute Gasteiger partial charge is 0.0702 e. The highest BCUT2D eigenvalue weighted by molar-refractivity contribution is 4.78. The first kappa shape index (κ1) is 9.44. The fourth-order valence-corrected chi connectivity index (χ4v) is 2.13. The molecule has 1 N–H and O–H groups in total. The second kappa shape index (κ2) is 4.40. The number of hydrogen-bond acceptors (Lipinski definition) is 3. The molecule has 2 aliphatic heterocycles. The fourth-order valence-electron chi connectivity index (χ4n) is 2.13. The number of rotatable bonds is 4. The zero-order valence-corrected chi connectivity index (χ0v) is 8.46. The molecule has 2 saturated heterocycles. The van der Waals surface area contributed by atoms with Crippen LogP contribution in [0.3, 0.4) is 0 Å². The van der Waals surface area contributed by atoms with Crippen LogP contribution in [-0.2, 0) is 4.74 Å². The minimum atomic E-state index is 0.512. The molecule has 0 aromatic rings. The van der Waals surface area contributed by atoms with Crippen LogP contribution in [0, 0.1) is 5.92 Å². The largest absolute Gasteiger partial charge is 0.377 e. The van der Waals surface area contributed by atoms with Crippen LogP contribution in [0.1, 0.15) is 12.8 Å². The van der Waals surface area contributed by atoms with Gasteiger partial charge < -0.3 is 15.0 Å². The topological polar surface area (TPSA) is 24.5 Å². The van der Waals surface area contributed by atoms with Crippen molar-refractivity contribution in [2.24, 2.45) is 5.92 Å². The summed E-state index contributed by atoms with van der Waals surface area (Å²) in [6, 6.07) is 0. The second-order valence-electron chi connectivity index (χ2n) is 4.38. The lowest BCUT2D eigenvalue weighted by molar-refractivity contribution is 0.0733. The predicted molar refractivity (Wildman–Crippen MR) is 52.8 cm³/mol. The molecule has 0 spiro atoms. The number of likely N-dealkylation sites (N-methyl/N-ethyl adjacent to an activating group) is 1. The minimum absolute atomic E-state index is 0.512. The van der Waals surface area contributed by atoms with Crippen molar-refractivity contribution in [2.75, 3.05) is 39.8 Å². The van der Waals surface area contributed by atoms with E-state index in [0.29, 0.717) is 6.10 Å². The van der Waals surface area contributed by atoms with Crippen LogP contribution in [0.25, 0.3) is 0 Å². The van der Waals surface area contributed by atoms with Crippen LogP contribution in [0.15, 0.2) is 0 Å². The molecule has 2 fully saturated rings. The summed E-state index contributed by atoms with van der Waals surface area (Å²) in [5.74, 6) is 0.881. The Morgan fingerprint density at radius 1 is 1.38 bits per heavy atom. The van der Waals surface area contributed by atoms with Gasteiger partial charge in [0.25, 0.3) is 0 Å². The second-order valence-corrected chi connectivity index (χ2v) is 4.38. The summed E-state index contributed by atoms with van der Waals surface area (Å²) >= 11 is 0. The van der Waals surface area contributed by atoms with E-state index in [2.05, 4.69) is 17.3 Å². The van der Waals surface area contributed by atoms with Crippen LogP contribution >= 0.6 is 0 Å². The number of nitrogens with zero attached hydrogens (tertiary/aromatic N) is 1. The average molecular weight is 184 g/mol. The zero-order valence-electron chi connectivity index (χ0n) is 8.46. The molecule has 0 saturated carbocycles. The molecular weight excluding hydrogens is 164 g/mol. The van der Waals surface area contributed by atoms with Gasteiger partial charge in [-0.3, -0.25) is 0 Å². The van der Waals surface area contributed by atoms with Gasteiger partial charge in [-0.2, -0.15) is 0 Å². The molecule has 0 aromatic heterocycles. The van der Waals surface area contributed by atoms with E-state index in [4.69, 9.17) is 4.74 Å². The van der Waals surface area contributed by atoms with E-state index in [1.807, 2.05) is 0 Å². The molecule has 76 valence electrons. The van der Waals surface area contributed by atoms with E-state index in [9.17, 15) is 0 Å². The van der Waals surface area contributed by atoms with Crippen molar-refractivity contribution in [1.82, 2.24) is 10.2 Å². The molecule has 13 heavy (non-hydrogen) atoms. The first-order valence-electron chi connectivity index (χ1n) is 5.35. The third-order valence-corrected chi connectivity index (χ3v) is 2.98. The molecule has 1 atom stereocenters. The number of ether oxygens (including phenoxy) is 1. The van der Waals surface area contributed by atoms with Crippen LogP contribution in [0.5, 0.6) is 0 Å². The lowest BCUT2D eigenvalue weighted by Gasteiger charge is -2.32. The Bertz CT molecular complexity index is 153. The van der Waals surface area contributed by atoms with Crippen molar-refractivity contribution in [2.45, 2.75) is 18.9 Å². The maximum absolute atomic E-state index is 5.60. The molecule has 0 radical (unpaired) electrons. The maximum atomic E-state index is 5.60. The van der Waals surface area contributed by atoms with Crippen molar-refractivity contribution in [3.05, 3.63) is 0 Å². The molecule has 2 rings (SSSR count). The van der Waals surface area contributed by atoms with E-state index >= 15 is 0 Å². The van der Waals surface area contributed by atoms with Gasteiger partial charge in [-0.05, 0) is 25.8 Å². The molecule has 0 aromatic carbocycles. The predicted octanol–water partition coefficient (Wildman–Crippen LogP) is 0.317. The molecular formula is C10H20N2O. The Kier molecular flexibility index (Phi) is 3.19. The summed E-state index contributed by atoms with van der Waals surface area (Å²) in [6.07, 6.45) is 3.02. The molecule has 3 heteroatoms. The highest BCUT2D eigenvalue weighted by Gasteiger charge is 2.21. The van der Waals surface area contributed by atoms with Gasteiger partial charge in [0.05, 0.1) is 6.10 Å². The Balaban J connectivity index is 1.61. The van der Waals surface area contributed by atoms with Crippen molar-refractivity contribution >= 4 is 0 Å². The van der Waals surface area contributed by atoms with Gasteiger partial charge in [0.15, 0.2) is 0 Å². The summed E-state index contributed by atoms with van der Waals surface area (Å²) < 4.78 is 5.60. The summed E-state index contributed by atoms with van der Waals surface area (Å²) in [5.41, 5.74) is 0. The lowest BCUT2D eigenvalue weighted by Crippen LogP contribution is -2.48. The normalized spacial score (nSPS) is 29.5. The highest BCUT2D eigenvalue weighted by Crippen LogP contribution is 2.13. The number of hydrogen-bond donors (Lipinski definition) is 1. The molecule has 2 heterocycles. The van der Waals surface area contributed by atoms with Crippen molar-refractivity contribution in [1.29, 1.82) is 0 Å². The van der Waals surface area contributed by atoms with E-state index in [-0.39, 0.29) is 0 Å². The van der Waals surface area contributed by atoms with Crippen LogP contribution in [0.4, 0.5) is 0 Å². The van der Waals surface area contributed by atoms with Crippen LogP contribution in [0.2, 0.25) is 0 Å². The summed E-state index contributed by atoms with van der Waals surface area (Å²) in [4.78, 5) is 2.42. The van der Waals surface area contributed by atoms with Crippen molar-refractivity contribution in [3.63, 3.8) is 0 Å². The first-order valence-corrected chi connectivity index (χ1v) is 5.35. The lowest BCUT2D eigenvalue weighted by atomic mass is 10.0. The maximum Gasteiger partial charge on any atom is 0.0702 e. The van der Waals surface area contributed by atoms with Gasteiger partial charge in [0.2, 0.25) is 0 Å². The molecule has 1 unspecified atom stereocenters. The number of nitrogens with one attached hydrogen (secondary N) is 1. The Morgan fingerprint density at radius 3 is 2.77 bits per heavy atom. The Morgan fingerprint density at radius 2 is 2.23 bits per heavy atom. The van der Waals surface area contributed by atoms with Gasteiger partial charge >= 0.3 is 0 Å². The van der Waals surface area contributed by atoms with E-state index in [0.717, 1.165) is 19.1 Å². The third kappa shape index (κ3) is 2.66. The monoisotopic (exact) mass is 184 g/mol. The van der Waals surface area contributed by atoms with E-state index in [1.54, 1.807) is 0 Å². The first-order chi connectivity index (χ1) is 6.34. The van der Waals surface area contributed by atoms with Crippen LogP contribution < -0.4 is 5.32 Å². The summed E-state index contributed by atoms with van der Waals surface area (Å²) in [5, 5.41) is 3.30. The summed E-state index contributed by atoms with van der Waals surface area (Å²) in [7, 11) is 2.21. The molecule has 0 bridgehead atoms. The summed E-state index contributed by atoms with van der Waals surface area (Å²) in [6.45, 7) is 5.73. The van der Waals surface area contributed by atoms with Gasteiger partial charge in [0.1, 0.15) is 0 Å². The fraction of sp³-hybridized carbons (Fsp3) is 1.00. The van der Waals surface area contributed by atoms with Gasteiger partial charge in [-0.15, -0.1) is 0 Å². The van der Waals surface area contributed by atoms with Crippen molar-refractivity contribution in [3.8, 4) is 0 Å². The van der Waals surface area contributed by atoms with Gasteiger partial charge in [-0.1, -0.05) is 0 Å². The molecule has 2 aliphatic rings. The SMILES string of the molecule is CN(CC1CNC1)CC1CCCO1. The quantitative estimate of drug-likeness (QED) is 0.681.